The van der Waals surface area contributed by atoms with E-state index in [0.717, 1.165) is 5.69 Å². The number of nitrogens with two attached hydrogens (primary N) is 1. The quantitative estimate of drug-likeness (QED) is 0.742. The van der Waals surface area contributed by atoms with Crippen LogP contribution in [0.1, 0.15) is 21.7 Å². The van der Waals surface area contributed by atoms with Gasteiger partial charge in [-0.05, 0) is 19.1 Å². The van der Waals surface area contributed by atoms with Gasteiger partial charge in [0.2, 0.25) is 0 Å². The Kier molecular flexibility index (Phi) is 2.97. The molecular weight excluding hydrogens is 168 g/mol. The molecule has 1 aromatic rings. The number of carbonyl (C=O) groups excluding carboxylic acids is 1. The second-order valence-corrected chi connectivity index (χ2v) is 2.74. The van der Waals surface area contributed by atoms with Crippen LogP contribution in [-0.4, -0.2) is 18.0 Å². The van der Waals surface area contributed by atoms with Crippen LogP contribution in [0.15, 0.2) is 12.1 Å². The van der Waals surface area contributed by atoms with Crippen LogP contribution in [0.3, 0.4) is 0 Å². The van der Waals surface area contributed by atoms with E-state index >= 15 is 0 Å². The third-order valence-corrected chi connectivity index (χ3v) is 1.66. The number of hydrogen-bond acceptors (Lipinski definition) is 3. The van der Waals surface area contributed by atoms with E-state index in [1.54, 1.807) is 19.2 Å². The number of pyridine rings is 1. The van der Waals surface area contributed by atoms with Gasteiger partial charge in [0.15, 0.2) is 0 Å². The molecule has 0 aliphatic rings. The number of carbonyl (C=O) groups is 1. The molecule has 4 nitrogen and oxygen atoms in total. The van der Waals surface area contributed by atoms with Gasteiger partial charge in [-0.25, -0.2) is 0 Å². The molecule has 0 spiro atoms. The molecule has 0 bridgehead atoms. The van der Waals surface area contributed by atoms with Crippen LogP contribution < -0.4 is 5.73 Å². The zero-order valence-electron chi connectivity index (χ0n) is 7.70. The minimum absolute atomic E-state index is 0.306. The van der Waals surface area contributed by atoms with E-state index in [1.165, 1.54) is 0 Å². The van der Waals surface area contributed by atoms with E-state index in [-0.39, 0.29) is 0 Å². The topological polar surface area (TPSA) is 65.2 Å². The maximum absolute atomic E-state index is 10.9. The number of hydrogen-bond donors (Lipinski definition) is 1. The van der Waals surface area contributed by atoms with Crippen molar-refractivity contribution in [3.05, 3.63) is 29.1 Å². The Hall–Kier alpha value is -1.42. The number of primary amides is 1. The van der Waals surface area contributed by atoms with Crippen molar-refractivity contribution in [3.8, 4) is 0 Å². The predicted octanol–water partition coefficient (Wildman–Crippen LogP) is 0.635. The number of methoxy groups -OCH3 is 1. The first kappa shape index (κ1) is 9.67. The third-order valence-electron chi connectivity index (χ3n) is 1.66. The van der Waals surface area contributed by atoms with Crippen molar-refractivity contribution in [3.63, 3.8) is 0 Å². The lowest BCUT2D eigenvalue weighted by Gasteiger charge is -2.05. The highest BCUT2D eigenvalue weighted by atomic mass is 16.5. The normalized spacial score (nSPS) is 10.0. The van der Waals surface area contributed by atoms with Gasteiger partial charge in [0.05, 0.1) is 17.9 Å². The van der Waals surface area contributed by atoms with Gasteiger partial charge in [-0.2, -0.15) is 0 Å². The smallest absolute Gasteiger partial charge is 0.250 e. The standard InChI is InChI=1S/C9H12N2O2/c1-6-3-4-7(9(10)12)8(11-6)5-13-2/h3-4H,5H2,1-2H3,(H2,10,12). The number of aryl methyl sites for hydroxylation is 1. The summed E-state index contributed by atoms with van der Waals surface area (Å²) < 4.78 is 4.90. The van der Waals surface area contributed by atoms with Crippen molar-refractivity contribution in [2.24, 2.45) is 5.73 Å². The van der Waals surface area contributed by atoms with Gasteiger partial charge in [0.1, 0.15) is 0 Å². The Bertz CT molecular complexity index is 323. The molecule has 1 amide bonds. The first-order chi connectivity index (χ1) is 6.15. The highest BCUT2D eigenvalue weighted by Crippen LogP contribution is 2.07. The molecule has 2 N–H and O–H groups in total. The van der Waals surface area contributed by atoms with Crippen LogP contribution in [0.5, 0.6) is 0 Å². The van der Waals surface area contributed by atoms with Crippen LogP contribution in [0, 0.1) is 6.92 Å². The maximum Gasteiger partial charge on any atom is 0.250 e. The molecule has 0 aliphatic carbocycles. The Morgan fingerprint density at radius 1 is 1.62 bits per heavy atom. The van der Waals surface area contributed by atoms with Crippen molar-refractivity contribution in [1.29, 1.82) is 0 Å². The second kappa shape index (κ2) is 4.00. The summed E-state index contributed by atoms with van der Waals surface area (Å²) in [5.74, 6) is -0.473. The molecule has 0 aliphatic heterocycles. The maximum atomic E-state index is 10.9. The molecule has 0 aromatic carbocycles. The monoisotopic (exact) mass is 180 g/mol. The van der Waals surface area contributed by atoms with Crippen LogP contribution in [0.25, 0.3) is 0 Å². The minimum atomic E-state index is -0.473. The van der Waals surface area contributed by atoms with E-state index < -0.39 is 5.91 Å². The van der Waals surface area contributed by atoms with Crippen molar-refractivity contribution >= 4 is 5.91 Å². The van der Waals surface area contributed by atoms with Crippen LogP contribution in [0.4, 0.5) is 0 Å². The van der Waals surface area contributed by atoms with E-state index in [9.17, 15) is 4.79 Å². The van der Waals surface area contributed by atoms with Crippen molar-refractivity contribution in [2.75, 3.05) is 7.11 Å². The summed E-state index contributed by atoms with van der Waals surface area (Å²) in [6, 6.07) is 3.41. The molecule has 0 saturated heterocycles. The third kappa shape index (κ3) is 2.26. The fourth-order valence-corrected chi connectivity index (χ4v) is 1.08. The van der Waals surface area contributed by atoms with E-state index in [2.05, 4.69) is 4.98 Å². The highest BCUT2D eigenvalue weighted by Gasteiger charge is 2.08. The van der Waals surface area contributed by atoms with Gasteiger partial charge in [0.25, 0.3) is 5.91 Å². The van der Waals surface area contributed by atoms with Crippen LogP contribution in [0.2, 0.25) is 0 Å². The summed E-state index contributed by atoms with van der Waals surface area (Å²) >= 11 is 0. The molecule has 1 aromatic heterocycles. The van der Waals surface area contributed by atoms with Gasteiger partial charge in [0, 0.05) is 12.8 Å². The summed E-state index contributed by atoms with van der Waals surface area (Å²) in [6.45, 7) is 2.16. The molecule has 1 rings (SSSR count). The molecule has 0 atom stereocenters. The van der Waals surface area contributed by atoms with E-state index in [0.29, 0.717) is 17.9 Å². The minimum Gasteiger partial charge on any atom is -0.378 e. The fraction of sp³-hybridized carbons (Fsp3) is 0.333. The van der Waals surface area contributed by atoms with Crippen molar-refractivity contribution < 1.29 is 9.53 Å². The largest absolute Gasteiger partial charge is 0.378 e. The van der Waals surface area contributed by atoms with Crippen molar-refractivity contribution in [2.45, 2.75) is 13.5 Å². The lowest BCUT2D eigenvalue weighted by atomic mass is 10.1. The molecule has 0 saturated carbocycles. The predicted molar refractivity (Wildman–Crippen MR) is 48.2 cm³/mol. The van der Waals surface area contributed by atoms with Crippen molar-refractivity contribution in [1.82, 2.24) is 4.98 Å². The lowest BCUT2D eigenvalue weighted by molar-refractivity contribution is 0.0994. The SMILES string of the molecule is COCc1nc(C)ccc1C(N)=O. The highest BCUT2D eigenvalue weighted by molar-refractivity contribution is 5.93. The average molecular weight is 180 g/mol. The summed E-state index contributed by atoms with van der Waals surface area (Å²) in [7, 11) is 1.55. The Labute approximate surface area is 76.7 Å². The first-order valence-electron chi connectivity index (χ1n) is 3.90. The first-order valence-corrected chi connectivity index (χ1v) is 3.90. The summed E-state index contributed by atoms with van der Waals surface area (Å²) in [5.41, 5.74) is 7.02. The number of rotatable bonds is 3. The van der Waals surface area contributed by atoms with E-state index in [1.807, 2.05) is 6.92 Å². The Balaban J connectivity index is 3.10. The molecular formula is C9H12N2O2. The van der Waals surface area contributed by atoms with Crippen LogP contribution in [-0.2, 0) is 11.3 Å². The molecule has 13 heavy (non-hydrogen) atoms. The Morgan fingerprint density at radius 2 is 2.31 bits per heavy atom. The average Bonchev–Trinajstić information content (AvgIpc) is 2.04. The molecule has 1 heterocycles. The molecule has 0 unspecified atom stereocenters. The van der Waals surface area contributed by atoms with Gasteiger partial charge in [-0.3, -0.25) is 9.78 Å². The lowest BCUT2D eigenvalue weighted by Crippen LogP contribution is -2.15. The van der Waals surface area contributed by atoms with E-state index in [4.69, 9.17) is 10.5 Å². The number of aromatic nitrogens is 1. The summed E-state index contributed by atoms with van der Waals surface area (Å²) in [5, 5.41) is 0. The number of amides is 1. The van der Waals surface area contributed by atoms with Crippen LogP contribution >= 0.6 is 0 Å². The fourth-order valence-electron chi connectivity index (χ4n) is 1.08. The molecule has 0 fully saturated rings. The zero-order chi connectivity index (χ0) is 9.84. The summed E-state index contributed by atoms with van der Waals surface area (Å²) in [4.78, 5) is 15.1. The zero-order valence-corrected chi connectivity index (χ0v) is 7.70. The second-order valence-electron chi connectivity index (χ2n) is 2.74. The van der Waals surface area contributed by atoms with Gasteiger partial charge >= 0.3 is 0 Å². The van der Waals surface area contributed by atoms with Gasteiger partial charge in [-0.15, -0.1) is 0 Å². The Morgan fingerprint density at radius 3 is 2.85 bits per heavy atom. The summed E-state index contributed by atoms with van der Waals surface area (Å²) in [6.07, 6.45) is 0. The number of nitrogens with zero attached hydrogens (tertiary/aromatic N) is 1. The molecule has 70 valence electrons. The molecule has 4 heteroatoms. The van der Waals surface area contributed by atoms with Gasteiger partial charge in [-0.1, -0.05) is 0 Å². The molecule has 0 radical (unpaired) electrons. The number of ether oxygens (including phenoxy) is 1. The van der Waals surface area contributed by atoms with Gasteiger partial charge < -0.3 is 10.5 Å².